The van der Waals surface area contributed by atoms with Gasteiger partial charge in [-0.3, -0.25) is 14.7 Å². The van der Waals surface area contributed by atoms with Crippen LogP contribution in [0.15, 0.2) is 54.7 Å². The van der Waals surface area contributed by atoms with E-state index in [9.17, 15) is 4.79 Å². The molecule has 0 aliphatic carbocycles. The Kier molecular flexibility index (Phi) is 3.23. The van der Waals surface area contributed by atoms with Gasteiger partial charge in [-0.15, -0.1) is 0 Å². The summed E-state index contributed by atoms with van der Waals surface area (Å²) in [6.07, 6.45) is 1.54. The zero-order chi connectivity index (χ0) is 16.7. The summed E-state index contributed by atoms with van der Waals surface area (Å²) in [5.41, 5.74) is 2.12. The molecule has 0 saturated heterocycles. The fraction of sp³-hybridized carbons (Fsp3) is 0.211. The van der Waals surface area contributed by atoms with Gasteiger partial charge in [0.05, 0.1) is 29.5 Å². The Morgan fingerprint density at radius 2 is 1.79 bits per heavy atom. The van der Waals surface area contributed by atoms with Gasteiger partial charge in [0.2, 0.25) is 0 Å². The maximum atomic E-state index is 13.1. The lowest BCUT2D eigenvalue weighted by Gasteiger charge is -2.39. The molecular formula is C19H17N3O2. The monoisotopic (exact) mass is 319 g/mol. The average Bonchev–Trinajstić information content (AvgIpc) is 2.59. The number of carbonyl (C=O) groups is 1. The first-order valence-electron chi connectivity index (χ1n) is 7.85. The van der Waals surface area contributed by atoms with E-state index in [0.717, 1.165) is 11.2 Å². The largest absolute Gasteiger partial charge is 0.484 e. The van der Waals surface area contributed by atoms with Crippen LogP contribution in [0.5, 0.6) is 5.75 Å². The molecule has 0 saturated carbocycles. The van der Waals surface area contributed by atoms with Crippen LogP contribution in [0.1, 0.15) is 24.3 Å². The zero-order valence-corrected chi connectivity index (χ0v) is 13.6. The van der Waals surface area contributed by atoms with Crippen LogP contribution in [-0.2, 0) is 0 Å². The predicted octanol–water partition coefficient (Wildman–Crippen LogP) is 3.45. The molecule has 0 unspecified atom stereocenters. The highest BCUT2D eigenvalue weighted by Gasteiger charge is 2.35. The summed E-state index contributed by atoms with van der Waals surface area (Å²) in [4.78, 5) is 23.6. The van der Waals surface area contributed by atoms with Gasteiger partial charge in [-0.05, 0) is 38.1 Å². The summed E-state index contributed by atoms with van der Waals surface area (Å²) >= 11 is 0. The minimum atomic E-state index is -0.464. The maximum Gasteiger partial charge on any atom is 0.278 e. The van der Waals surface area contributed by atoms with E-state index in [1.54, 1.807) is 4.90 Å². The second kappa shape index (κ2) is 5.30. The first kappa shape index (κ1) is 14.6. The number of amides is 1. The van der Waals surface area contributed by atoms with Crippen molar-refractivity contribution in [1.82, 2.24) is 9.97 Å². The Balaban J connectivity index is 1.77. The summed E-state index contributed by atoms with van der Waals surface area (Å²) in [6, 6.07) is 15.1. The summed E-state index contributed by atoms with van der Waals surface area (Å²) in [7, 11) is 0. The molecule has 0 atom stereocenters. The van der Waals surface area contributed by atoms with Gasteiger partial charge in [0, 0.05) is 0 Å². The SMILES string of the molecule is CC1(C)CN(C(=O)c2cnc3ccccc3n2)c2ccccc2O1. The fourth-order valence-corrected chi connectivity index (χ4v) is 2.94. The minimum Gasteiger partial charge on any atom is -0.484 e. The third-order valence-electron chi connectivity index (χ3n) is 3.99. The fourth-order valence-electron chi connectivity index (χ4n) is 2.94. The molecule has 1 aliphatic rings. The quantitative estimate of drug-likeness (QED) is 0.689. The molecule has 4 rings (SSSR count). The van der Waals surface area contributed by atoms with E-state index in [-0.39, 0.29) is 5.91 Å². The lowest BCUT2D eigenvalue weighted by Crippen LogP contribution is -2.49. The molecule has 0 fully saturated rings. The van der Waals surface area contributed by atoms with E-state index in [4.69, 9.17) is 4.74 Å². The van der Waals surface area contributed by atoms with Crippen molar-refractivity contribution in [3.8, 4) is 5.75 Å². The van der Waals surface area contributed by atoms with Crippen LogP contribution in [0.25, 0.3) is 11.0 Å². The number of aromatic nitrogens is 2. The van der Waals surface area contributed by atoms with Gasteiger partial charge >= 0.3 is 0 Å². The molecule has 0 spiro atoms. The van der Waals surface area contributed by atoms with Crippen LogP contribution in [0.3, 0.4) is 0 Å². The molecule has 0 radical (unpaired) electrons. The first-order valence-corrected chi connectivity index (χ1v) is 7.85. The molecule has 1 aliphatic heterocycles. The number of nitrogens with zero attached hydrogens (tertiary/aromatic N) is 3. The standard InChI is InChI=1S/C19H17N3O2/c1-19(2)12-22(16-9-5-6-10-17(16)24-19)18(23)15-11-20-13-7-3-4-8-14(13)21-15/h3-11H,12H2,1-2H3. The van der Waals surface area contributed by atoms with Crippen molar-refractivity contribution < 1.29 is 9.53 Å². The lowest BCUT2D eigenvalue weighted by atomic mass is 10.0. The second-order valence-corrected chi connectivity index (χ2v) is 6.46. The minimum absolute atomic E-state index is 0.169. The van der Waals surface area contributed by atoms with Crippen LogP contribution in [0.2, 0.25) is 0 Å². The average molecular weight is 319 g/mol. The first-order chi connectivity index (χ1) is 11.5. The number of ether oxygens (including phenoxy) is 1. The van der Waals surface area contributed by atoms with Gasteiger partial charge in [-0.1, -0.05) is 24.3 Å². The van der Waals surface area contributed by atoms with E-state index in [0.29, 0.717) is 23.5 Å². The van der Waals surface area contributed by atoms with Crippen LogP contribution in [-0.4, -0.2) is 28.0 Å². The summed E-state index contributed by atoms with van der Waals surface area (Å²) < 4.78 is 5.98. The van der Waals surface area contributed by atoms with Gasteiger partial charge in [0.15, 0.2) is 0 Å². The number of fused-ring (bicyclic) bond motifs is 2. The Morgan fingerprint density at radius 3 is 2.62 bits per heavy atom. The smallest absolute Gasteiger partial charge is 0.278 e. The van der Waals surface area contributed by atoms with Crippen molar-refractivity contribution in [3.05, 3.63) is 60.4 Å². The van der Waals surface area contributed by atoms with Crippen molar-refractivity contribution in [2.24, 2.45) is 0 Å². The number of anilines is 1. The number of rotatable bonds is 1. The topological polar surface area (TPSA) is 55.3 Å². The molecule has 3 aromatic rings. The maximum absolute atomic E-state index is 13.1. The number of benzene rings is 2. The van der Waals surface area contributed by atoms with Crippen molar-refractivity contribution in [2.45, 2.75) is 19.4 Å². The van der Waals surface area contributed by atoms with E-state index in [1.165, 1.54) is 6.20 Å². The highest BCUT2D eigenvalue weighted by molar-refractivity contribution is 6.06. The predicted molar refractivity (Wildman–Crippen MR) is 92.4 cm³/mol. The molecule has 120 valence electrons. The van der Waals surface area contributed by atoms with Gasteiger partial charge in [0.1, 0.15) is 17.0 Å². The molecule has 2 heterocycles. The number of hydrogen-bond acceptors (Lipinski definition) is 4. The molecule has 5 heteroatoms. The van der Waals surface area contributed by atoms with Gasteiger partial charge < -0.3 is 4.74 Å². The summed E-state index contributed by atoms with van der Waals surface area (Å²) in [5, 5.41) is 0. The van der Waals surface area contributed by atoms with Crippen LogP contribution >= 0.6 is 0 Å². The Hall–Kier alpha value is -2.95. The lowest BCUT2D eigenvalue weighted by molar-refractivity contribution is 0.0833. The van der Waals surface area contributed by atoms with E-state index >= 15 is 0 Å². The molecular weight excluding hydrogens is 302 g/mol. The van der Waals surface area contributed by atoms with Crippen molar-refractivity contribution >= 4 is 22.6 Å². The van der Waals surface area contributed by atoms with Crippen LogP contribution in [0, 0.1) is 0 Å². The molecule has 0 N–H and O–H groups in total. The third kappa shape index (κ3) is 2.48. The Morgan fingerprint density at radius 1 is 1.08 bits per heavy atom. The van der Waals surface area contributed by atoms with Crippen LogP contribution in [0.4, 0.5) is 5.69 Å². The number of para-hydroxylation sites is 4. The van der Waals surface area contributed by atoms with Crippen molar-refractivity contribution in [1.29, 1.82) is 0 Å². The highest BCUT2D eigenvalue weighted by Crippen LogP contribution is 2.37. The van der Waals surface area contributed by atoms with Gasteiger partial charge in [0.25, 0.3) is 5.91 Å². The third-order valence-corrected chi connectivity index (χ3v) is 3.99. The zero-order valence-electron chi connectivity index (χ0n) is 13.6. The van der Waals surface area contributed by atoms with E-state index in [1.807, 2.05) is 62.4 Å². The second-order valence-electron chi connectivity index (χ2n) is 6.46. The van der Waals surface area contributed by atoms with Crippen molar-refractivity contribution in [2.75, 3.05) is 11.4 Å². The molecule has 2 aromatic carbocycles. The Bertz CT molecular complexity index is 937. The molecule has 1 aromatic heterocycles. The Labute approximate surface area is 139 Å². The summed E-state index contributed by atoms with van der Waals surface area (Å²) in [5.74, 6) is 0.535. The number of carbonyl (C=O) groups excluding carboxylic acids is 1. The van der Waals surface area contributed by atoms with Gasteiger partial charge in [-0.25, -0.2) is 4.98 Å². The molecule has 24 heavy (non-hydrogen) atoms. The van der Waals surface area contributed by atoms with E-state index < -0.39 is 5.60 Å². The summed E-state index contributed by atoms with van der Waals surface area (Å²) in [6.45, 7) is 4.39. The molecule has 1 amide bonds. The van der Waals surface area contributed by atoms with Gasteiger partial charge in [-0.2, -0.15) is 0 Å². The van der Waals surface area contributed by atoms with E-state index in [2.05, 4.69) is 9.97 Å². The number of hydrogen-bond donors (Lipinski definition) is 0. The highest BCUT2D eigenvalue weighted by atomic mass is 16.5. The molecule has 0 bridgehead atoms. The normalized spacial score (nSPS) is 15.7. The molecule has 5 nitrogen and oxygen atoms in total. The van der Waals surface area contributed by atoms with Crippen LogP contribution < -0.4 is 9.64 Å². The van der Waals surface area contributed by atoms with Crippen molar-refractivity contribution in [3.63, 3.8) is 0 Å².